The van der Waals surface area contributed by atoms with E-state index in [9.17, 15) is 4.79 Å². The zero-order chi connectivity index (χ0) is 10.6. The lowest BCUT2D eigenvalue weighted by Crippen LogP contribution is -2.58. The normalized spacial score (nSPS) is 22.8. The van der Waals surface area contributed by atoms with E-state index < -0.39 is 5.54 Å². The number of rotatable bonds is 3. The van der Waals surface area contributed by atoms with Crippen LogP contribution in [0.2, 0.25) is 0 Å². The molecule has 0 radical (unpaired) electrons. The van der Waals surface area contributed by atoms with Crippen LogP contribution in [0.4, 0.5) is 0 Å². The lowest BCUT2D eigenvalue weighted by atomic mass is 9.90. The molecule has 5 nitrogen and oxygen atoms in total. The molecule has 0 aliphatic carbocycles. The van der Waals surface area contributed by atoms with Crippen LogP contribution in [0.5, 0.6) is 0 Å². The van der Waals surface area contributed by atoms with Crippen LogP contribution >= 0.6 is 0 Å². The average Bonchev–Trinajstić information content (AvgIpc) is 2.18. The van der Waals surface area contributed by atoms with Gasteiger partial charge in [0.15, 0.2) is 0 Å². The molecule has 1 rings (SSSR count). The Hall–Kier alpha value is -0.650. The molecule has 0 aromatic heterocycles. The molecular weight excluding hydrogens is 184 g/mol. The predicted molar refractivity (Wildman–Crippen MR) is 51.7 cm³/mol. The molecular formula is C9H18N2O3. The standard InChI is InChI=1S/C9H18N2O3/c1-7(6-12)11-8(13)9(10)2-4-14-5-3-9/h7,12H,2-6,10H2,1H3,(H,11,13)/t7-/m1/s1. The van der Waals surface area contributed by atoms with Crippen LogP contribution in [-0.4, -0.2) is 42.4 Å². The number of hydrogen-bond donors (Lipinski definition) is 3. The molecule has 1 amide bonds. The summed E-state index contributed by atoms with van der Waals surface area (Å²) in [5.74, 6) is -0.192. The van der Waals surface area contributed by atoms with Crippen LogP contribution in [0.1, 0.15) is 19.8 Å². The minimum Gasteiger partial charge on any atom is -0.394 e. The van der Waals surface area contributed by atoms with Crippen LogP contribution in [0.15, 0.2) is 0 Å². The van der Waals surface area contributed by atoms with E-state index >= 15 is 0 Å². The molecule has 1 aliphatic rings. The highest BCUT2D eigenvalue weighted by molar-refractivity contribution is 5.86. The summed E-state index contributed by atoms with van der Waals surface area (Å²) in [6.45, 7) is 2.72. The monoisotopic (exact) mass is 202 g/mol. The van der Waals surface area contributed by atoms with Gasteiger partial charge in [0.05, 0.1) is 12.1 Å². The van der Waals surface area contributed by atoms with Gasteiger partial charge in [0.1, 0.15) is 0 Å². The van der Waals surface area contributed by atoms with Crippen LogP contribution in [-0.2, 0) is 9.53 Å². The Morgan fingerprint density at radius 2 is 2.21 bits per heavy atom. The van der Waals surface area contributed by atoms with Gasteiger partial charge in [0, 0.05) is 19.3 Å². The second-order valence-corrected chi connectivity index (χ2v) is 3.83. The number of aliphatic hydroxyl groups excluding tert-OH is 1. The Balaban J connectivity index is 2.49. The summed E-state index contributed by atoms with van der Waals surface area (Å²) in [5.41, 5.74) is 5.11. The van der Waals surface area contributed by atoms with E-state index in [1.54, 1.807) is 6.92 Å². The van der Waals surface area contributed by atoms with Gasteiger partial charge >= 0.3 is 0 Å². The molecule has 1 heterocycles. The topological polar surface area (TPSA) is 84.6 Å². The van der Waals surface area contributed by atoms with Gasteiger partial charge in [-0.05, 0) is 19.8 Å². The predicted octanol–water partition coefficient (Wildman–Crippen LogP) is -1.01. The fraction of sp³-hybridized carbons (Fsp3) is 0.889. The number of hydrogen-bond acceptors (Lipinski definition) is 4. The maximum absolute atomic E-state index is 11.7. The first kappa shape index (κ1) is 11.4. The van der Waals surface area contributed by atoms with Gasteiger partial charge in [-0.25, -0.2) is 0 Å². The van der Waals surface area contributed by atoms with Crippen molar-refractivity contribution in [2.45, 2.75) is 31.3 Å². The molecule has 0 spiro atoms. The first-order valence-electron chi connectivity index (χ1n) is 4.87. The van der Waals surface area contributed by atoms with Crippen molar-refractivity contribution >= 4 is 5.91 Å². The van der Waals surface area contributed by atoms with Gasteiger partial charge in [-0.1, -0.05) is 0 Å². The van der Waals surface area contributed by atoms with E-state index in [0.29, 0.717) is 26.1 Å². The average molecular weight is 202 g/mol. The molecule has 14 heavy (non-hydrogen) atoms. The highest BCUT2D eigenvalue weighted by Gasteiger charge is 2.36. The third kappa shape index (κ3) is 2.67. The minimum absolute atomic E-state index is 0.0711. The summed E-state index contributed by atoms with van der Waals surface area (Å²) in [6, 6.07) is -0.245. The van der Waals surface area contributed by atoms with Crippen LogP contribution in [0, 0.1) is 0 Å². The Morgan fingerprint density at radius 3 is 2.71 bits per heavy atom. The molecule has 1 saturated heterocycles. The summed E-state index contributed by atoms with van der Waals surface area (Å²) in [5, 5.41) is 11.5. The third-order valence-corrected chi connectivity index (χ3v) is 2.49. The van der Waals surface area contributed by atoms with Gasteiger partial charge in [0.2, 0.25) is 5.91 Å². The number of amides is 1. The summed E-state index contributed by atoms with van der Waals surface area (Å²) in [6.07, 6.45) is 1.08. The Kier molecular flexibility index (Phi) is 3.86. The van der Waals surface area contributed by atoms with Crippen LogP contribution < -0.4 is 11.1 Å². The summed E-state index contributed by atoms with van der Waals surface area (Å²) < 4.78 is 5.14. The second-order valence-electron chi connectivity index (χ2n) is 3.83. The fourth-order valence-electron chi connectivity index (χ4n) is 1.38. The number of nitrogens with two attached hydrogens (primary N) is 1. The molecule has 0 unspecified atom stereocenters. The molecule has 1 atom stereocenters. The highest BCUT2D eigenvalue weighted by Crippen LogP contribution is 2.17. The minimum atomic E-state index is -0.818. The number of carbonyl (C=O) groups is 1. The highest BCUT2D eigenvalue weighted by atomic mass is 16.5. The fourth-order valence-corrected chi connectivity index (χ4v) is 1.38. The lowest BCUT2D eigenvalue weighted by Gasteiger charge is -2.32. The molecule has 0 saturated carbocycles. The van der Waals surface area contributed by atoms with Gasteiger partial charge in [-0.3, -0.25) is 4.79 Å². The van der Waals surface area contributed by atoms with Crippen molar-refractivity contribution in [2.75, 3.05) is 19.8 Å². The lowest BCUT2D eigenvalue weighted by molar-refractivity contribution is -0.130. The van der Waals surface area contributed by atoms with Crippen LogP contribution in [0.25, 0.3) is 0 Å². The van der Waals surface area contributed by atoms with Crippen molar-refractivity contribution in [1.82, 2.24) is 5.32 Å². The maximum Gasteiger partial charge on any atom is 0.240 e. The SMILES string of the molecule is C[C@H](CO)NC(=O)C1(N)CCOCC1. The third-order valence-electron chi connectivity index (χ3n) is 2.49. The van der Waals surface area contributed by atoms with Crippen molar-refractivity contribution in [2.24, 2.45) is 5.73 Å². The Morgan fingerprint density at radius 1 is 1.64 bits per heavy atom. The van der Waals surface area contributed by atoms with Gasteiger partial charge < -0.3 is 20.9 Å². The smallest absolute Gasteiger partial charge is 0.240 e. The van der Waals surface area contributed by atoms with Crippen molar-refractivity contribution < 1.29 is 14.6 Å². The number of ether oxygens (including phenoxy) is 1. The molecule has 0 aromatic carbocycles. The molecule has 1 fully saturated rings. The molecule has 0 bridgehead atoms. The quantitative estimate of drug-likeness (QED) is 0.547. The van der Waals surface area contributed by atoms with Crippen molar-refractivity contribution in [1.29, 1.82) is 0 Å². The van der Waals surface area contributed by atoms with Crippen LogP contribution in [0.3, 0.4) is 0 Å². The van der Waals surface area contributed by atoms with Crippen molar-refractivity contribution in [3.05, 3.63) is 0 Å². The molecule has 4 N–H and O–H groups in total. The molecule has 1 aliphatic heterocycles. The second kappa shape index (κ2) is 4.72. The van der Waals surface area contributed by atoms with E-state index in [1.165, 1.54) is 0 Å². The van der Waals surface area contributed by atoms with E-state index in [-0.39, 0.29) is 18.6 Å². The molecule has 82 valence electrons. The number of aliphatic hydroxyl groups is 1. The van der Waals surface area contributed by atoms with E-state index in [1.807, 2.05) is 0 Å². The van der Waals surface area contributed by atoms with Gasteiger partial charge in [-0.2, -0.15) is 0 Å². The molecule has 5 heteroatoms. The van der Waals surface area contributed by atoms with Gasteiger partial charge in [0.25, 0.3) is 0 Å². The van der Waals surface area contributed by atoms with Gasteiger partial charge in [-0.15, -0.1) is 0 Å². The van der Waals surface area contributed by atoms with E-state index in [4.69, 9.17) is 15.6 Å². The Bertz CT molecular complexity index is 202. The summed E-state index contributed by atoms with van der Waals surface area (Å²) >= 11 is 0. The first-order valence-corrected chi connectivity index (χ1v) is 4.87. The molecule has 0 aromatic rings. The summed E-state index contributed by atoms with van der Waals surface area (Å²) in [4.78, 5) is 11.7. The van der Waals surface area contributed by atoms with E-state index in [2.05, 4.69) is 5.32 Å². The number of nitrogens with one attached hydrogen (secondary N) is 1. The Labute approximate surface area is 83.6 Å². The number of carbonyl (C=O) groups excluding carboxylic acids is 1. The van der Waals surface area contributed by atoms with Crippen molar-refractivity contribution in [3.8, 4) is 0 Å². The first-order chi connectivity index (χ1) is 6.58. The zero-order valence-corrected chi connectivity index (χ0v) is 8.45. The zero-order valence-electron chi connectivity index (χ0n) is 8.45. The maximum atomic E-state index is 11.7. The largest absolute Gasteiger partial charge is 0.394 e. The van der Waals surface area contributed by atoms with E-state index in [0.717, 1.165) is 0 Å². The summed E-state index contributed by atoms with van der Waals surface area (Å²) in [7, 11) is 0. The van der Waals surface area contributed by atoms with Crippen molar-refractivity contribution in [3.63, 3.8) is 0 Å².